The van der Waals surface area contributed by atoms with Gasteiger partial charge in [-0.15, -0.1) is 0 Å². The monoisotopic (exact) mass is 174 g/mol. The Morgan fingerprint density at radius 2 is 2.23 bits per heavy atom. The summed E-state index contributed by atoms with van der Waals surface area (Å²) in [6, 6.07) is 7.41. The zero-order chi connectivity index (χ0) is 9.26. The highest BCUT2D eigenvalue weighted by Gasteiger charge is 2.17. The van der Waals surface area contributed by atoms with Crippen LogP contribution in [-0.2, 0) is 4.79 Å². The predicted octanol–water partition coefficient (Wildman–Crippen LogP) is 1.58. The van der Waals surface area contributed by atoms with E-state index in [-0.39, 0.29) is 6.04 Å². The molecule has 13 heavy (non-hydrogen) atoms. The van der Waals surface area contributed by atoms with Crippen molar-refractivity contribution in [2.75, 3.05) is 0 Å². The summed E-state index contributed by atoms with van der Waals surface area (Å²) in [5, 5.41) is 3.00. The lowest BCUT2D eigenvalue weighted by atomic mass is 10.0. The first kappa shape index (κ1) is 7.98. The van der Waals surface area contributed by atoms with Crippen molar-refractivity contribution in [1.82, 2.24) is 5.32 Å². The molecular formula is C10H10N2O. The van der Waals surface area contributed by atoms with Gasteiger partial charge in [-0.1, -0.05) is 18.2 Å². The second-order valence-electron chi connectivity index (χ2n) is 3.01. The van der Waals surface area contributed by atoms with Crippen LogP contribution in [0.4, 0.5) is 5.69 Å². The zero-order valence-electron chi connectivity index (χ0n) is 7.32. The molecule has 0 saturated carbocycles. The summed E-state index contributed by atoms with van der Waals surface area (Å²) in [6.07, 6.45) is 0.900. The van der Waals surface area contributed by atoms with E-state index in [0.717, 1.165) is 23.4 Å². The van der Waals surface area contributed by atoms with Gasteiger partial charge in [0, 0.05) is 5.56 Å². The Hall–Kier alpha value is -1.64. The summed E-state index contributed by atoms with van der Waals surface area (Å²) in [5.74, 6) is 0.788. The molecule has 0 fully saturated rings. The van der Waals surface area contributed by atoms with E-state index in [9.17, 15) is 4.79 Å². The third kappa shape index (κ3) is 1.33. The Bertz CT molecular complexity index is 371. The summed E-state index contributed by atoms with van der Waals surface area (Å²) in [6.45, 7) is 1.85. The van der Waals surface area contributed by atoms with Crippen LogP contribution in [0, 0.1) is 0 Å². The molecule has 1 aromatic carbocycles. The minimum atomic E-state index is -0.242. The second kappa shape index (κ2) is 3.01. The van der Waals surface area contributed by atoms with Gasteiger partial charge >= 0.3 is 0 Å². The molecule has 0 saturated heterocycles. The summed E-state index contributed by atoms with van der Waals surface area (Å²) >= 11 is 0. The summed E-state index contributed by atoms with van der Waals surface area (Å²) in [5.41, 5.74) is 1.83. The van der Waals surface area contributed by atoms with Crippen molar-refractivity contribution in [1.29, 1.82) is 0 Å². The topological polar surface area (TPSA) is 41.5 Å². The van der Waals surface area contributed by atoms with Crippen molar-refractivity contribution in [3.05, 3.63) is 29.8 Å². The van der Waals surface area contributed by atoms with E-state index in [1.165, 1.54) is 0 Å². The number of nitrogens with zero attached hydrogens (tertiary/aromatic N) is 1. The highest BCUT2D eigenvalue weighted by atomic mass is 16.1. The number of hydrogen-bond acceptors (Lipinski definition) is 3. The summed E-state index contributed by atoms with van der Waals surface area (Å²) < 4.78 is 0. The lowest BCUT2D eigenvalue weighted by Crippen LogP contribution is -2.29. The van der Waals surface area contributed by atoms with Gasteiger partial charge in [0.2, 0.25) is 0 Å². The third-order valence-corrected chi connectivity index (χ3v) is 2.06. The van der Waals surface area contributed by atoms with Gasteiger partial charge in [0.15, 0.2) is 0 Å². The molecule has 0 aromatic heterocycles. The first-order valence-corrected chi connectivity index (χ1v) is 4.17. The quantitative estimate of drug-likeness (QED) is 0.657. The molecule has 1 N–H and O–H groups in total. The van der Waals surface area contributed by atoms with Crippen molar-refractivity contribution < 1.29 is 4.79 Å². The molecule has 0 amide bonds. The highest BCUT2D eigenvalue weighted by Crippen LogP contribution is 2.27. The average Bonchev–Trinajstić information content (AvgIpc) is 2.16. The molecule has 66 valence electrons. The van der Waals surface area contributed by atoms with E-state index in [2.05, 4.69) is 10.3 Å². The number of carbonyl (C=O) groups is 1. The van der Waals surface area contributed by atoms with Crippen LogP contribution in [0.2, 0.25) is 0 Å². The molecule has 1 aliphatic rings. The fourth-order valence-corrected chi connectivity index (χ4v) is 1.48. The van der Waals surface area contributed by atoms with Gasteiger partial charge in [-0.3, -0.25) is 0 Å². The third-order valence-electron chi connectivity index (χ3n) is 2.06. The Morgan fingerprint density at radius 3 is 3.00 bits per heavy atom. The number of para-hydroxylation sites is 1. The van der Waals surface area contributed by atoms with Gasteiger partial charge < -0.3 is 10.1 Å². The smallest absolute Gasteiger partial charge is 0.146 e. The first-order valence-electron chi connectivity index (χ1n) is 4.17. The van der Waals surface area contributed by atoms with Crippen LogP contribution in [-0.4, -0.2) is 12.1 Å². The van der Waals surface area contributed by atoms with E-state index in [0.29, 0.717) is 0 Å². The van der Waals surface area contributed by atoms with Crippen LogP contribution in [0.5, 0.6) is 0 Å². The van der Waals surface area contributed by atoms with Crippen LogP contribution in [0.15, 0.2) is 29.3 Å². The zero-order valence-corrected chi connectivity index (χ0v) is 7.32. The molecule has 2 rings (SSSR count). The molecule has 0 aliphatic carbocycles. The Kier molecular flexibility index (Phi) is 1.85. The van der Waals surface area contributed by atoms with Crippen molar-refractivity contribution in [3.8, 4) is 0 Å². The van der Waals surface area contributed by atoms with Crippen LogP contribution in [0.3, 0.4) is 0 Å². The van der Waals surface area contributed by atoms with E-state index in [1.54, 1.807) is 0 Å². The van der Waals surface area contributed by atoms with E-state index in [4.69, 9.17) is 0 Å². The minimum Gasteiger partial charge on any atom is -0.360 e. The van der Waals surface area contributed by atoms with Crippen molar-refractivity contribution in [3.63, 3.8) is 0 Å². The Balaban J connectivity index is 2.54. The molecule has 0 bridgehead atoms. The number of carbonyl (C=O) groups excluding carboxylic acids is 1. The summed E-state index contributed by atoms with van der Waals surface area (Å²) in [7, 11) is 0. The van der Waals surface area contributed by atoms with E-state index >= 15 is 0 Å². The molecule has 1 aliphatic heterocycles. The van der Waals surface area contributed by atoms with Gasteiger partial charge in [-0.05, 0) is 13.0 Å². The van der Waals surface area contributed by atoms with Crippen molar-refractivity contribution in [2.24, 2.45) is 4.99 Å². The number of rotatable bonds is 1. The first-order chi connectivity index (χ1) is 6.31. The minimum absolute atomic E-state index is 0.242. The van der Waals surface area contributed by atoms with E-state index in [1.807, 2.05) is 31.2 Å². The maximum atomic E-state index is 10.8. The Labute approximate surface area is 76.5 Å². The fraction of sp³-hybridized carbons (Fsp3) is 0.200. The van der Waals surface area contributed by atoms with Gasteiger partial charge in [0.1, 0.15) is 12.3 Å². The SMILES string of the molecule is CC1=Nc2ccccc2C(C=O)N1. The molecule has 0 radical (unpaired) electrons. The van der Waals surface area contributed by atoms with Crippen molar-refractivity contribution >= 4 is 17.8 Å². The maximum absolute atomic E-state index is 10.8. The normalized spacial score (nSPS) is 19.8. The number of aliphatic imine (C=N–C) groups is 1. The van der Waals surface area contributed by atoms with E-state index < -0.39 is 0 Å². The van der Waals surface area contributed by atoms with Crippen LogP contribution < -0.4 is 5.32 Å². The molecule has 1 aromatic rings. The highest BCUT2D eigenvalue weighted by molar-refractivity contribution is 5.89. The number of benzene rings is 1. The lowest BCUT2D eigenvalue weighted by Gasteiger charge is -2.20. The molecule has 1 atom stereocenters. The number of nitrogens with one attached hydrogen (secondary N) is 1. The molecule has 1 heterocycles. The number of hydrogen-bond donors (Lipinski definition) is 1. The predicted molar refractivity (Wildman–Crippen MR) is 51.2 cm³/mol. The fourth-order valence-electron chi connectivity index (χ4n) is 1.48. The molecule has 3 nitrogen and oxygen atoms in total. The van der Waals surface area contributed by atoms with Crippen LogP contribution in [0.1, 0.15) is 18.5 Å². The standard InChI is InChI=1S/C10H10N2O/c1-7-11-9-5-3-2-4-8(9)10(6-13)12-7/h2-6,10H,1H3,(H,11,12). The number of amidine groups is 1. The average molecular weight is 174 g/mol. The van der Waals surface area contributed by atoms with Gasteiger partial charge in [-0.2, -0.15) is 0 Å². The molecule has 1 unspecified atom stereocenters. The van der Waals surface area contributed by atoms with Gasteiger partial charge in [0.05, 0.1) is 11.5 Å². The second-order valence-corrected chi connectivity index (χ2v) is 3.01. The van der Waals surface area contributed by atoms with Crippen molar-refractivity contribution in [2.45, 2.75) is 13.0 Å². The van der Waals surface area contributed by atoms with Crippen LogP contribution in [0.25, 0.3) is 0 Å². The number of fused-ring (bicyclic) bond motifs is 1. The molecule has 3 heteroatoms. The summed E-state index contributed by atoms with van der Waals surface area (Å²) in [4.78, 5) is 15.0. The van der Waals surface area contributed by atoms with Gasteiger partial charge in [-0.25, -0.2) is 4.99 Å². The lowest BCUT2D eigenvalue weighted by molar-refractivity contribution is -0.109. The molecule has 0 spiro atoms. The maximum Gasteiger partial charge on any atom is 0.146 e. The Morgan fingerprint density at radius 1 is 1.46 bits per heavy atom. The van der Waals surface area contributed by atoms with Crippen LogP contribution >= 0.6 is 0 Å². The number of aldehydes is 1. The largest absolute Gasteiger partial charge is 0.360 e. The molecular weight excluding hydrogens is 164 g/mol. The van der Waals surface area contributed by atoms with Gasteiger partial charge in [0.25, 0.3) is 0 Å².